The molecule has 0 saturated heterocycles. The Morgan fingerprint density at radius 3 is 2.96 bits per heavy atom. The molecule has 2 aromatic heterocycles. The summed E-state index contributed by atoms with van der Waals surface area (Å²) in [5, 5.41) is 6.30. The predicted octanol–water partition coefficient (Wildman–Crippen LogP) is 3.13. The maximum atomic E-state index is 11.8. The largest absolute Gasteiger partial charge is 0.462 e. The lowest BCUT2D eigenvalue weighted by molar-refractivity contribution is 0.0526. The van der Waals surface area contributed by atoms with Crippen LogP contribution in [0, 0.1) is 0 Å². The fourth-order valence-corrected chi connectivity index (χ4v) is 2.56. The molecule has 0 unspecified atom stereocenters. The van der Waals surface area contributed by atoms with Crippen molar-refractivity contribution in [3.8, 4) is 0 Å². The van der Waals surface area contributed by atoms with Gasteiger partial charge in [0.2, 0.25) is 5.95 Å². The van der Waals surface area contributed by atoms with Crippen LogP contribution in [-0.4, -0.2) is 32.2 Å². The van der Waals surface area contributed by atoms with Gasteiger partial charge in [0.1, 0.15) is 0 Å². The highest BCUT2D eigenvalue weighted by molar-refractivity contribution is 5.90. The molecule has 2 heterocycles. The van der Waals surface area contributed by atoms with Crippen LogP contribution in [-0.2, 0) is 4.74 Å². The van der Waals surface area contributed by atoms with Crippen molar-refractivity contribution < 1.29 is 9.53 Å². The number of hydrogen-bond donors (Lipinski definition) is 2. The minimum Gasteiger partial charge on any atom is -0.462 e. The van der Waals surface area contributed by atoms with E-state index in [1.54, 1.807) is 25.1 Å². The standard InChI is InChI=1S/C17H15N5O2/c1-2-24-15(23)11-6-5-7-12(10-11)18-16-20-17-19-13-8-3-4-9-14(13)22(17)21-16/h3-10H,2H2,1H3,(H2,18,19,20,21). The number of aromatic amines is 1. The molecule has 0 aliphatic heterocycles. The van der Waals surface area contributed by atoms with Gasteiger partial charge in [0.25, 0.3) is 5.78 Å². The number of aromatic nitrogens is 4. The molecule has 4 rings (SSSR count). The van der Waals surface area contributed by atoms with Gasteiger partial charge < -0.3 is 10.1 Å². The Morgan fingerprint density at radius 2 is 2.08 bits per heavy atom. The van der Waals surface area contributed by atoms with Gasteiger partial charge in [-0.05, 0) is 37.3 Å². The number of benzene rings is 2. The summed E-state index contributed by atoms with van der Waals surface area (Å²) < 4.78 is 6.83. The zero-order valence-electron chi connectivity index (χ0n) is 13.0. The molecule has 24 heavy (non-hydrogen) atoms. The number of nitrogens with one attached hydrogen (secondary N) is 2. The zero-order valence-corrected chi connectivity index (χ0v) is 13.0. The number of ether oxygens (including phenoxy) is 1. The topological polar surface area (TPSA) is 84.3 Å². The molecular weight excluding hydrogens is 306 g/mol. The van der Waals surface area contributed by atoms with Gasteiger partial charge >= 0.3 is 5.97 Å². The third-order valence-corrected chi connectivity index (χ3v) is 3.61. The number of carbonyl (C=O) groups excluding carboxylic acids is 1. The van der Waals surface area contributed by atoms with E-state index in [1.807, 2.05) is 34.8 Å². The van der Waals surface area contributed by atoms with E-state index < -0.39 is 0 Å². The Morgan fingerprint density at radius 1 is 1.21 bits per heavy atom. The van der Waals surface area contributed by atoms with Crippen LogP contribution in [0.3, 0.4) is 0 Å². The number of anilines is 2. The van der Waals surface area contributed by atoms with Crippen molar-refractivity contribution in [3.05, 3.63) is 54.1 Å². The number of carbonyl (C=O) groups is 1. The van der Waals surface area contributed by atoms with Gasteiger partial charge in [0.15, 0.2) is 0 Å². The number of esters is 1. The monoisotopic (exact) mass is 321 g/mol. The van der Waals surface area contributed by atoms with E-state index in [0.29, 0.717) is 23.9 Å². The molecular formula is C17H15N5O2. The summed E-state index contributed by atoms with van der Waals surface area (Å²) >= 11 is 0. The number of nitrogens with zero attached hydrogens (tertiary/aromatic N) is 3. The van der Waals surface area contributed by atoms with Gasteiger partial charge in [-0.3, -0.25) is 5.10 Å². The zero-order chi connectivity index (χ0) is 16.5. The number of H-pyrrole nitrogens is 1. The van der Waals surface area contributed by atoms with Crippen molar-refractivity contribution >= 4 is 34.4 Å². The maximum absolute atomic E-state index is 11.8. The molecule has 2 aromatic carbocycles. The van der Waals surface area contributed by atoms with Crippen molar-refractivity contribution in [1.82, 2.24) is 19.6 Å². The molecule has 0 bridgehead atoms. The second-order valence-electron chi connectivity index (χ2n) is 5.23. The third-order valence-electron chi connectivity index (χ3n) is 3.61. The summed E-state index contributed by atoms with van der Waals surface area (Å²) in [6.45, 7) is 2.13. The summed E-state index contributed by atoms with van der Waals surface area (Å²) in [7, 11) is 0. The number of fused-ring (bicyclic) bond motifs is 3. The van der Waals surface area contributed by atoms with Crippen molar-refractivity contribution in [2.75, 3.05) is 11.9 Å². The summed E-state index contributed by atoms with van der Waals surface area (Å²) in [6, 6.07) is 14.9. The number of hydrogen-bond acceptors (Lipinski definition) is 5. The van der Waals surface area contributed by atoms with Crippen LogP contribution in [0.2, 0.25) is 0 Å². The van der Waals surface area contributed by atoms with Crippen LogP contribution < -0.4 is 5.32 Å². The van der Waals surface area contributed by atoms with Gasteiger partial charge in [-0.25, -0.2) is 14.3 Å². The van der Waals surface area contributed by atoms with E-state index in [-0.39, 0.29) is 5.97 Å². The van der Waals surface area contributed by atoms with E-state index in [4.69, 9.17) is 4.74 Å². The molecule has 0 saturated carbocycles. The molecule has 0 aliphatic carbocycles. The Labute approximate surface area is 137 Å². The first-order chi connectivity index (χ1) is 11.7. The molecule has 7 heteroatoms. The Bertz CT molecular complexity index is 1030. The van der Waals surface area contributed by atoms with Crippen LogP contribution in [0.5, 0.6) is 0 Å². The van der Waals surface area contributed by atoms with E-state index in [9.17, 15) is 4.79 Å². The van der Waals surface area contributed by atoms with Crippen LogP contribution in [0.15, 0.2) is 48.5 Å². The van der Waals surface area contributed by atoms with Crippen LogP contribution in [0.1, 0.15) is 17.3 Å². The van der Waals surface area contributed by atoms with Crippen LogP contribution in [0.4, 0.5) is 11.6 Å². The lowest BCUT2D eigenvalue weighted by Gasteiger charge is -2.05. The van der Waals surface area contributed by atoms with E-state index in [0.717, 1.165) is 16.7 Å². The fraction of sp³-hybridized carbons (Fsp3) is 0.118. The third kappa shape index (κ3) is 2.45. The van der Waals surface area contributed by atoms with Crippen molar-refractivity contribution in [3.63, 3.8) is 0 Å². The normalized spacial score (nSPS) is 11.0. The molecule has 0 amide bonds. The first kappa shape index (κ1) is 14.3. The summed E-state index contributed by atoms with van der Waals surface area (Å²) in [5.74, 6) is 0.783. The second kappa shape index (κ2) is 5.69. The molecule has 0 fully saturated rings. The first-order valence-electron chi connectivity index (χ1n) is 7.62. The quantitative estimate of drug-likeness (QED) is 0.564. The van der Waals surface area contributed by atoms with Gasteiger partial charge in [0, 0.05) is 5.69 Å². The van der Waals surface area contributed by atoms with Crippen molar-refractivity contribution in [2.45, 2.75) is 6.92 Å². The Kier molecular flexibility index (Phi) is 3.38. The summed E-state index contributed by atoms with van der Waals surface area (Å²) in [4.78, 5) is 20.7. The fourth-order valence-electron chi connectivity index (χ4n) is 2.56. The molecule has 0 spiro atoms. The number of para-hydroxylation sites is 2. The maximum Gasteiger partial charge on any atom is 0.338 e. The van der Waals surface area contributed by atoms with Crippen molar-refractivity contribution in [1.29, 1.82) is 0 Å². The molecule has 7 nitrogen and oxygen atoms in total. The SMILES string of the molecule is CCOC(=O)c1cccc(Nc2nc3nc4ccccc4n3[nH]2)c1. The van der Waals surface area contributed by atoms with Gasteiger partial charge in [-0.1, -0.05) is 18.2 Å². The lowest BCUT2D eigenvalue weighted by Crippen LogP contribution is -2.05. The highest BCUT2D eigenvalue weighted by Crippen LogP contribution is 2.19. The molecule has 0 atom stereocenters. The molecule has 2 N–H and O–H groups in total. The summed E-state index contributed by atoms with van der Waals surface area (Å²) in [5.41, 5.74) is 3.06. The second-order valence-corrected chi connectivity index (χ2v) is 5.23. The minimum absolute atomic E-state index is 0.346. The lowest BCUT2D eigenvalue weighted by atomic mass is 10.2. The number of imidazole rings is 1. The van der Waals surface area contributed by atoms with E-state index in [1.165, 1.54) is 0 Å². The molecule has 0 radical (unpaired) electrons. The summed E-state index contributed by atoms with van der Waals surface area (Å²) in [6.07, 6.45) is 0. The van der Waals surface area contributed by atoms with Gasteiger partial charge in [-0.15, -0.1) is 0 Å². The molecule has 0 aliphatic rings. The van der Waals surface area contributed by atoms with Gasteiger partial charge in [0.05, 0.1) is 23.2 Å². The average Bonchev–Trinajstić information content (AvgIpc) is 3.12. The Hall–Kier alpha value is -3.35. The van der Waals surface area contributed by atoms with Crippen molar-refractivity contribution in [2.24, 2.45) is 0 Å². The Balaban J connectivity index is 1.64. The predicted molar refractivity (Wildman–Crippen MR) is 90.5 cm³/mol. The molecule has 4 aromatic rings. The van der Waals surface area contributed by atoms with Crippen LogP contribution in [0.25, 0.3) is 16.8 Å². The van der Waals surface area contributed by atoms with Gasteiger partial charge in [-0.2, -0.15) is 4.98 Å². The highest BCUT2D eigenvalue weighted by Gasteiger charge is 2.10. The number of rotatable bonds is 4. The highest BCUT2D eigenvalue weighted by atomic mass is 16.5. The van der Waals surface area contributed by atoms with E-state index >= 15 is 0 Å². The van der Waals surface area contributed by atoms with E-state index in [2.05, 4.69) is 20.4 Å². The first-order valence-corrected chi connectivity index (χ1v) is 7.62. The molecule has 120 valence electrons. The minimum atomic E-state index is -0.346. The van der Waals surface area contributed by atoms with Crippen LogP contribution >= 0.6 is 0 Å². The average molecular weight is 321 g/mol. The smallest absolute Gasteiger partial charge is 0.338 e.